The lowest BCUT2D eigenvalue weighted by Crippen LogP contribution is -2.37. The summed E-state index contributed by atoms with van der Waals surface area (Å²) in [5.74, 6) is 0.614. The van der Waals surface area contributed by atoms with E-state index in [0.29, 0.717) is 22.8 Å². The number of aromatic nitrogens is 6. The number of imidazole rings is 1. The van der Waals surface area contributed by atoms with Crippen molar-refractivity contribution < 1.29 is 4.39 Å². The summed E-state index contributed by atoms with van der Waals surface area (Å²) < 4.78 is 19.3. The minimum atomic E-state index is -0.443. The lowest BCUT2D eigenvalue weighted by atomic mass is 10.1. The molecule has 0 saturated carbocycles. The van der Waals surface area contributed by atoms with Crippen molar-refractivity contribution in [1.82, 2.24) is 28.3 Å². The van der Waals surface area contributed by atoms with E-state index < -0.39 is 11.2 Å². The van der Waals surface area contributed by atoms with E-state index >= 15 is 0 Å². The van der Waals surface area contributed by atoms with Gasteiger partial charge in [-0.25, -0.2) is 13.6 Å². The van der Waals surface area contributed by atoms with E-state index in [1.165, 1.54) is 23.7 Å². The van der Waals surface area contributed by atoms with Gasteiger partial charge in [-0.1, -0.05) is 42.0 Å². The molecular formula is C22H19FN6O2. The monoisotopic (exact) mass is 418 g/mol. The summed E-state index contributed by atoms with van der Waals surface area (Å²) in [6.45, 7) is 2.26. The van der Waals surface area contributed by atoms with Gasteiger partial charge in [-0.3, -0.25) is 18.5 Å². The first-order valence-corrected chi connectivity index (χ1v) is 9.71. The largest absolute Gasteiger partial charge is 0.332 e. The van der Waals surface area contributed by atoms with Crippen LogP contribution in [0.4, 0.5) is 4.39 Å². The summed E-state index contributed by atoms with van der Waals surface area (Å²) in [7, 11) is 3.06. The van der Waals surface area contributed by atoms with Crippen molar-refractivity contribution in [3.8, 4) is 11.4 Å². The zero-order valence-corrected chi connectivity index (χ0v) is 17.2. The average molecular weight is 418 g/mol. The molecule has 0 radical (unpaired) electrons. The summed E-state index contributed by atoms with van der Waals surface area (Å²) >= 11 is 0. The fourth-order valence-corrected chi connectivity index (χ4v) is 3.87. The Morgan fingerprint density at radius 3 is 2.26 bits per heavy atom. The van der Waals surface area contributed by atoms with Crippen LogP contribution in [-0.4, -0.2) is 28.3 Å². The van der Waals surface area contributed by atoms with Gasteiger partial charge >= 0.3 is 5.69 Å². The molecular weight excluding hydrogens is 399 g/mol. The molecule has 5 rings (SSSR count). The maximum Gasteiger partial charge on any atom is 0.332 e. The van der Waals surface area contributed by atoms with E-state index in [4.69, 9.17) is 0 Å². The molecule has 0 fully saturated rings. The van der Waals surface area contributed by atoms with Gasteiger partial charge in [-0.2, -0.15) is 0 Å². The van der Waals surface area contributed by atoms with Gasteiger partial charge in [0.2, 0.25) is 5.78 Å². The Bertz CT molecular complexity index is 1570. The van der Waals surface area contributed by atoms with E-state index in [2.05, 4.69) is 10.2 Å². The third-order valence-corrected chi connectivity index (χ3v) is 5.54. The van der Waals surface area contributed by atoms with Crippen molar-refractivity contribution in [2.45, 2.75) is 13.5 Å². The highest BCUT2D eigenvalue weighted by atomic mass is 19.1. The minimum Gasteiger partial charge on any atom is -0.298 e. The Morgan fingerprint density at radius 1 is 0.903 bits per heavy atom. The first-order chi connectivity index (χ1) is 14.9. The molecule has 31 heavy (non-hydrogen) atoms. The van der Waals surface area contributed by atoms with Gasteiger partial charge in [0.25, 0.3) is 5.56 Å². The summed E-state index contributed by atoms with van der Waals surface area (Å²) in [6.07, 6.45) is 0. The van der Waals surface area contributed by atoms with Gasteiger partial charge in [0.15, 0.2) is 17.0 Å². The molecule has 2 aromatic carbocycles. The van der Waals surface area contributed by atoms with Crippen molar-refractivity contribution in [3.63, 3.8) is 0 Å². The standard InChI is InChI=1S/C22H19FN6O2/c1-13-4-8-15(9-5-13)18-24-25-21-28(12-14-6-10-16(23)11-7-14)17-19(29(18)21)26(2)22(31)27(3)20(17)30/h4-11H,12H2,1-3H3. The predicted molar refractivity (Wildman–Crippen MR) is 115 cm³/mol. The zero-order valence-electron chi connectivity index (χ0n) is 17.2. The predicted octanol–water partition coefficient (Wildman–Crippen LogP) is 2.24. The molecule has 0 unspecified atom stereocenters. The lowest BCUT2D eigenvalue weighted by Gasteiger charge is -2.08. The van der Waals surface area contributed by atoms with E-state index in [9.17, 15) is 14.0 Å². The third-order valence-electron chi connectivity index (χ3n) is 5.54. The molecule has 9 heteroatoms. The van der Waals surface area contributed by atoms with E-state index in [1.807, 2.05) is 31.2 Å². The number of halogens is 1. The number of nitrogens with zero attached hydrogens (tertiary/aromatic N) is 6. The Hall–Kier alpha value is -4.01. The zero-order chi connectivity index (χ0) is 21.9. The van der Waals surface area contributed by atoms with Gasteiger partial charge in [0.05, 0.1) is 6.54 Å². The number of benzene rings is 2. The number of aryl methyl sites for hydroxylation is 2. The van der Waals surface area contributed by atoms with Crippen LogP contribution in [0, 0.1) is 12.7 Å². The maximum atomic E-state index is 13.4. The van der Waals surface area contributed by atoms with E-state index in [1.54, 1.807) is 28.1 Å². The van der Waals surface area contributed by atoms with Crippen LogP contribution in [0.1, 0.15) is 11.1 Å². The normalized spacial score (nSPS) is 11.6. The molecule has 0 aliphatic carbocycles. The number of rotatable bonds is 3. The maximum absolute atomic E-state index is 13.4. The molecule has 0 saturated heterocycles. The smallest absolute Gasteiger partial charge is 0.298 e. The average Bonchev–Trinajstić information content (AvgIpc) is 3.32. The van der Waals surface area contributed by atoms with Gasteiger partial charge in [0, 0.05) is 19.7 Å². The van der Waals surface area contributed by atoms with Crippen LogP contribution in [0.2, 0.25) is 0 Å². The highest BCUT2D eigenvalue weighted by Crippen LogP contribution is 2.25. The van der Waals surface area contributed by atoms with Gasteiger partial charge in [-0.15, -0.1) is 10.2 Å². The second-order valence-electron chi connectivity index (χ2n) is 7.62. The SMILES string of the molecule is Cc1ccc(-c2nnc3n(Cc4ccc(F)cc4)c4c(=O)n(C)c(=O)n(C)c4n23)cc1. The molecule has 0 bridgehead atoms. The van der Waals surface area contributed by atoms with Crippen molar-refractivity contribution in [2.24, 2.45) is 14.1 Å². The number of fused-ring (bicyclic) bond motifs is 3. The van der Waals surface area contributed by atoms with Gasteiger partial charge < -0.3 is 0 Å². The molecule has 3 aromatic heterocycles. The Balaban J connectivity index is 1.89. The molecule has 0 amide bonds. The second kappa shape index (κ2) is 6.76. The minimum absolute atomic E-state index is 0.271. The molecule has 0 atom stereocenters. The molecule has 3 heterocycles. The molecule has 0 aliphatic rings. The number of hydrogen-bond donors (Lipinski definition) is 0. The fourth-order valence-electron chi connectivity index (χ4n) is 3.87. The van der Waals surface area contributed by atoms with Gasteiger partial charge in [0.1, 0.15) is 5.82 Å². The molecule has 0 spiro atoms. The van der Waals surface area contributed by atoms with Gasteiger partial charge in [-0.05, 0) is 24.6 Å². The van der Waals surface area contributed by atoms with Crippen LogP contribution in [0.5, 0.6) is 0 Å². The highest BCUT2D eigenvalue weighted by molar-refractivity contribution is 5.80. The Labute approximate surface area is 175 Å². The topological polar surface area (TPSA) is 79.1 Å². The Morgan fingerprint density at radius 2 is 1.58 bits per heavy atom. The van der Waals surface area contributed by atoms with Crippen LogP contribution in [0.25, 0.3) is 28.3 Å². The summed E-state index contributed by atoms with van der Waals surface area (Å²) in [6, 6.07) is 13.8. The molecule has 8 nitrogen and oxygen atoms in total. The first-order valence-electron chi connectivity index (χ1n) is 9.71. The highest BCUT2D eigenvalue weighted by Gasteiger charge is 2.24. The fraction of sp³-hybridized carbons (Fsp3) is 0.182. The summed E-state index contributed by atoms with van der Waals surface area (Å²) in [4.78, 5) is 25.8. The van der Waals surface area contributed by atoms with E-state index in [0.717, 1.165) is 21.3 Å². The molecule has 0 N–H and O–H groups in total. The van der Waals surface area contributed by atoms with E-state index in [-0.39, 0.29) is 12.4 Å². The Kier molecular flexibility index (Phi) is 4.14. The summed E-state index contributed by atoms with van der Waals surface area (Å²) in [5, 5.41) is 8.70. The van der Waals surface area contributed by atoms with Crippen molar-refractivity contribution in [2.75, 3.05) is 0 Å². The molecule has 0 aliphatic heterocycles. The second-order valence-corrected chi connectivity index (χ2v) is 7.62. The van der Waals surface area contributed by atoms with Crippen molar-refractivity contribution in [3.05, 3.63) is 86.3 Å². The lowest BCUT2D eigenvalue weighted by molar-refractivity contribution is 0.626. The number of hydrogen-bond acceptors (Lipinski definition) is 4. The molecule has 156 valence electrons. The van der Waals surface area contributed by atoms with Crippen LogP contribution < -0.4 is 11.2 Å². The van der Waals surface area contributed by atoms with Crippen molar-refractivity contribution in [1.29, 1.82) is 0 Å². The quantitative estimate of drug-likeness (QED) is 0.450. The van der Waals surface area contributed by atoms with Crippen LogP contribution in [-0.2, 0) is 20.6 Å². The third kappa shape index (κ3) is 2.81. The van der Waals surface area contributed by atoms with Crippen LogP contribution in [0.15, 0.2) is 58.1 Å². The summed E-state index contributed by atoms with van der Waals surface area (Å²) in [5.41, 5.74) is 2.56. The van der Waals surface area contributed by atoms with Crippen LogP contribution in [0.3, 0.4) is 0 Å². The molecule has 5 aromatic rings. The van der Waals surface area contributed by atoms with Crippen LogP contribution >= 0.6 is 0 Å². The first kappa shape index (κ1) is 19.0. The van der Waals surface area contributed by atoms with Crippen molar-refractivity contribution >= 4 is 16.9 Å².